The number of nitrogen functional groups attached to an aromatic ring is 1. The third-order valence-corrected chi connectivity index (χ3v) is 2.08. The van der Waals surface area contributed by atoms with Crippen LogP contribution >= 0.6 is 0 Å². The average Bonchev–Trinajstić information content (AvgIpc) is 2.57. The number of pyridine rings is 1. The molecule has 0 aliphatic carbocycles. The summed E-state index contributed by atoms with van der Waals surface area (Å²) in [6.07, 6.45) is 1.49. The lowest BCUT2D eigenvalue weighted by molar-refractivity contribution is 0.801. The molecule has 0 fully saturated rings. The topological polar surface area (TPSA) is 93.4 Å². The van der Waals surface area contributed by atoms with Gasteiger partial charge < -0.3 is 5.73 Å². The molecule has 2 rings (SSSR count). The summed E-state index contributed by atoms with van der Waals surface area (Å²) in [5.74, 6) is 1.78. The Hall–Kier alpha value is -2.42. The van der Waals surface area contributed by atoms with Gasteiger partial charge in [-0.15, -0.1) is 5.10 Å². The Kier molecular flexibility index (Phi) is 2.29. The fourth-order valence-electron chi connectivity index (χ4n) is 1.45. The van der Waals surface area contributed by atoms with E-state index in [1.807, 2.05) is 6.07 Å². The van der Waals surface area contributed by atoms with Gasteiger partial charge in [0, 0.05) is 0 Å². The van der Waals surface area contributed by atoms with E-state index in [4.69, 9.17) is 11.0 Å². The molecule has 2 aromatic heterocycles. The highest BCUT2D eigenvalue weighted by Crippen LogP contribution is 2.14. The van der Waals surface area contributed by atoms with E-state index >= 15 is 0 Å². The van der Waals surface area contributed by atoms with Crippen LogP contribution in [0.25, 0.3) is 5.82 Å². The van der Waals surface area contributed by atoms with Crippen LogP contribution in [0.2, 0.25) is 0 Å². The number of nitriles is 1. The molecule has 0 saturated carbocycles. The van der Waals surface area contributed by atoms with Gasteiger partial charge >= 0.3 is 0 Å². The third kappa shape index (κ3) is 1.59. The van der Waals surface area contributed by atoms with Crippen LogP contribution in [0.15, 0.2) is 12.3 Å². The maximum absolute atomic E-state index is 8.99. The predicted molar refractivity (Wildman–Crippen MR) is 57.8 cm³/mol. The van der Waals surface area contributed by atoms with E-state index in [0.29, 0.717) is 28.7 Å². The lowest BCUT2D eigenvalue weighted by Gasteiger charge is -2.04. The number of nitrogens with zero attached hydrogens (tertiary/aromatic N) is 5. The number of anilines is 1. The first-order valence-corrected chi connectivity index (χ1v) is 4.68. The van der Waals surface area contributed by atoms with E-state index in [1.165, 1.54) is 10.9 Å². The van der Waals surface area contributed by atoms with Crippen LogP contribution in [0.5, 0.6) is 0 Å². The normalized spacial score (nSPS) is 10.1. The highest BCUT2D eigenvalue weighted by molar-refractivity contribution is 5.51. The summed E-state index contributed by atoms with van der Waals surface area (Å²) in [6.45, 7) is 3.59. The Morgan fingerprint density at radius 2 is 2.19 bits per heavy atom. The summed E-state index contributed by atoms with van der Waals surface area (Å²) >= 11 is 0. The SMILES string of the molecule is Cc1nc(C)n(-c2ncc(N)cc2C#N)n1. The van der Waals surface area contributed by atoms with Gasteiger partial charge in [-0.3, -0.25) is 0 Å². The van der Waals surface area contributed by atoms with Crippen LogP contribution in [0.1, 0.15) is 17.2 Å². The zero-order chi connectivity index (χ0) is 11.7. The van der Waals surface area contributed by atoms with Crippen molar-refractivity contribution in [3.8, 4) is 11.9 Å². The first-order valence-electron chi connectivity index (χ1n) is 4.68. The Balaban J connectivity index is 2.65. The molecule has 0 saturated heterocycles. The van der Waals surface area contributed by atoms with Crippen LogP contribution in [0.4, 0.5) is 5.69 Å². The highest BCUT2D eigenvalue weighted by atomic mass is 15.4. The van der Waals surface area contributed by atoms with E-state index in [1.54, 1.807) is 19.9 Å². The van der Waals surface area contributed by atoms with Gasteiger partial charge in [-0.05, 0) is 19.9 Å². The standard InChI is InChI=1S/C10H10N6/c1-6-14-7(2)16(15-6)10-8(4-11)3-9(12)5-13-10/h3,5H,12H2,1-2H3. The van der Waals surface area contributed by atoms with Crippen LogP contribution in [0.3, 0.4) is 0 Å². The highest BCUT2D eigenvalue weighted by Gasteiger charge is 2.11. The maximum atomic E-state index is 8.99. The second-order valence-electron chi connectivity index (χ2n) is 3.37. The third-order valence-electron chi connectivity index (χ3n) is 2.08. The van der Waals surface area contributed by atoms with Gasteiger partial charge in [0.2, 0.25) is 0 Å². The molecule has 0 unspecified atom stereocenters. The molecule has 6 heteroatoms. The van der Waals surface area contributed by atoms with Crippen molar-refractivity contribution in [2.75, 3.05) is 5.73 Å². The summed E-state index contributed by atoms with van der Waals surface area (Å²) in [5, 5.41) is 13.2. The number of hydrogen-bond acceptors (Lipinski definition) is 5. The van der Waals surface area contributed by atoms with Gasteiger partial charge in [0.25, 0.3) is 0 Å². The molecule has 0 aliphatic heterocycles. The smallest absolute Gasteiger partial charge is 0.173 e. The van der Waals surface area contributed by atoms with Crippen molar-refractivity contribution in [2.45, 2.75) is 13.8 Å². The van der Waals surface area contributed by atoms with Gasteiger partial charge in [0.15, 0.2) is 5.82 Å². The van der Waals surface area contributed by atoms with Gasteiger partial charge in [0.1, 0.15) is 17.7 Å². The summed E-state index contributed by atoms with van der Waals surface area (Å²) in [6, 6.07) is 3.61. The monoisotopic (exact) mass is 214 g/mol. The van der Waals surface area contributed by atoms with Crippen LogP contribution < -0.4 is 5.73 Å². The van der Waals surface area contributed by atoms with Crippen molar-refractivity contribution in [3.05, 3.63) is 29.5 Å². The molecule has 0 radical (unpaired) electrons. The lowest BCUT2D eigenvalue weighted by Crippen LogP contribution is -2.05. The summed E-state index contributed by atoms with van der Waals surface area (Å²) in [7, 11) is 0. The number of aryl methyl sites for hydroxylation is 2. The van der Waals surface area contributed by atoms with Crippen molar-refractivity contribution >= 4 is 5.69 Å². The van der Waals surface area contributed by atoms with E-state index in [2.05, 4.69) is 15.1 Å². The first-order chi connectivity index (χ1) is 7.61. The molecule has 2 N–H and O–H groups in total. The Morgan fingerprint density at radius 1 is 1.44 bits per heavy atom. The quantitative estimate of drug-likeness (QED) is 0.755. The van der Waals surface area contributed by atoms with E-state index in [9.17, 15) is 0 Å². The Bertz CT molecular complexity index is 577. The van der Waals surface area contributed by atoms with Crippen molar-refractivity contribution in [1.82, 2.24) is 19.7 Å². The molecular weight excluding hydrogens is 204 g/mol. The van der Waals surface area contributed by atoms with E-state index in [-0.39, 0.29) is 0 Å². The predicted octanol–water partition coefficient (Wildman–Crippen LogP) is 0.733. The van der Waals surface area contributed by atoms with Crippen LogP contribution in [-0.4, -0.2) is 19.7 Å². The molecule has 0 aliphatic rings. The number of rotatable bonds is 1. The lowest BCUT2D eigenvalue weighted by atomic mass is 10.2. The fraction of sp³-hybridized carbons (Fsp3) is 0.200. The molecule has 16 heavy (non-hydrogen) atoms. The summed E-state index contributed by atoms with van der Waals surface area (Å²) < 4.78 is 1.54. The first kappa shape index (κ1) is 10.1. The van der Waals surface area contributed by atoms with Crippen molar-refractivity contribution in [1.29, 1.82) is 5.26 Å². The van der Waals surface area contributed by atoms with Crippen molar-refractivity contribution < 1.29 is 0 Å². The number of nitrogens with two attached hydrogens (primary N) is 1. The molecule has 6 nitrogen and oxygen atoms in total. The second kappa shape index (κ2) is 3.62. The van der Waals surface area contributed by atoms with Crippen molar-refractivity contribution in [2.24, 2.45) is 0 Å². The second-order valence-corrected chi connectivity index (χ2v) is 3.37. The van der Waals surface area contributed by atoms with Gasteiger partial charge in [-0.2, -0.15) is 9.94 Å². The van der Waals surface area contributed by atoms with Gasteiger partial charge in [-0.1, -0.05) is 0 Å². The minimum absolute atomic E-state index is 0.382. The summed E-state index contributed by atoms with van der Waals surface area (Å²) in [4.78, 5) is 8.26. The van der Waals surface area contributed by atoms with E-state index in [0.717, 1.165) is 0 Å². The minimum atomic E-state index is 0.382. The van der Waals surface area contributed by atoms with Gasteiger partial charge in [0.05, 0.1) is 17.4 Å². The van der Waals surface area contributed by atoms with E-state index < -0.39 is 0 Å². The molecule has 0 bridgehead atoms. The average molecular weight is 214 g/mol. The molecule has 80 valence electrons. The summed E-state index contributed by atoms with van der Waals surface area (Å²) in [5.41, 5.74) is 6.40. The number of aromatic nitrogens is 4. The molecular formula is C10H10N6. The molecule has 2 aromatic rings. The largest absolute Gasteiger partial charge is 0.397 e. The molecule has 0 aromatic carbocycles. The Labute approximate surface area is 92.4 Å². The Morgan fingerprint density at radius 3 is 2.75 bits per heavy atom. The molecule has 0 amide bonds. The zero-order valence-corrected chi connectivity index (χ0v) is 8.97. The van der Waals surface area contributed by atoms with Crippen molar-refractivity contribution in [3.63, 3.8) is 0 Å². The molecule has 2 heterocycles. The number of hydrogen-bond donors (Lipinski definition) is 1. The molecule has 0 spiro atoms. The fourth-order valence-corrected chi connectivity index (χ4v) is 1.45. The van der Waals surface area contributed by atoms with Crippen LogP contribution in [-0.2, 0) is 0 Å². The maximum Gasteiger partial charge on any atom is 0.173 e. The minimum Gasteiger partial charge on any atom is -0.397 e. The van der Waals surface area contributed by atoms with Crippen LogP contribution in [0, 0.1) is 25.2 Å². The zero-order valence-electron chi connectivity index (χ0n) is 8.97. The molecule has 0 atom stereocenters. The van der Waals surface area contributed by atoms with Gasteiger partial charge in [-0.25, -0.2) is 9.97 Å².